The largest absolute Gasteiger partial charge is 0.495 e. The summed E-state index contributed by atoms with van der Waals surface area (Å²) in [4.78, 5) is 24.0. The standard InChI is InChI=1S/C19H23N3O3/c1-3-4-13-20-19(24)21-15-11-9-14(10-12-15)18(23)22-16-7-5-6-8-17(16)25-2/h5-12H,3-4,13H2,1-2H3,(H,22,23)(H2,20,21,24). The molecule has 132 valence electrons. The van der Waals surface area contributed by atoms with Gasteiger partial charge >= 0.3 is 6.03 Å². The molecule has 6 heteroatoms. The van der Waals surface area contributed by atoms with Crippen molar-refractivity contribution in [3.63, 3.8) is 0 Å². The molecule has 2 aromatic carbocycles. The molecule has 0 bridgehead atoms. The maximum absolute atomic E-state index is 12.3. The van der Waals surface area contributed by atoms with Gasteiger partial charge in [0.05, 0.1) is 12.8 Å². The van der Waals surface area contributed by atoms with Crippen LogP contribution in [0.4, 0.5) is 16.2 Å². The maximum atomic E-state index is 12.3. The van der Waals surface area contributed by atoms with Gasteiger partial charge in [-0.2, -0.15) is 0 Å². The SMILES string of the molecule is CCCCNC(=O)Nc1ccc(C(=O)Nc2ccccc2OC)cc1. The van der Waals surface area contributed by atoms with E-state index < -0.39 is 0 Å². The molecule has 25 heavy (non-hydrogen) atoms. The van der Waals surface area contributed by atoms with E-state index in [1.54, 1.807) is 43.5 Å². The first-order chi connectivity index (χ1) is 12.1. The van der Waals surface area contributed by atoms with Gasteiger partial charge in [0.2, 0.25) is 0 Å². The van der Waals surface area contributed by atoms with Crippen molar-refractivity contribution in [1.82, 2.24) is 5.32 Å². The van der Waals surface area contributed by atoms with Crippen molar-refractivity contribution >= 4 is 23.3 Å². The van der Waals surface area contributed by atoms with Gasteiger partial charge in [-0.15, -0.1) is 0 Å². The molecule has 3 N–H and O–H groups in total. The minimum Gasteiger partial charge on any atom is -0.495 e. The van der Waals surface area contributed by atoms with Crippen molar-refractivity contribution in [2.24, 2.45) is 0 Å². The molecule has 0 saturated carbocycles. The molecule has 3 amide bonds. The van der Waals surface area contributed by atoms with Crippen LogP contribution in [0.15, 0.2) is 48.5 Å². The molecule has 0 aliphatic heterocycles. The van der Waals surface area contributed by atoms with E-state index in [9.17, 15) is 9.59 Å². The zero-order valence-corrected chi connectivity index (χ0v) is 14.5. The van der Waals surface area contributed by atoms with Gasteiger partial charge in [0.1, 0.15) is 5.75 Å². The fourth-order valence-corrected chi connectivity index (χ4v) is 2.20. The summed E-state index contributed by atoms with van der Waals surface area (Å²) in [7, 11) is 1.55. The van der Waals surface area contributed by atoms with E-state index in [4.69, 9.17) is 4.74 Å². The van der Waals surface area contributed by atoms with Crippen LogP contribution in [-0.2, 0) is 0 Å². The molecule has 0 unspecified atom stereocenters. The molecule has 0 atom stereocenters. The molecule has 0 heterocycles. The lowest BCUT2D eigenvalue weighted by Crippen LogP contribution is -2.29. The summed E-state index contributed by atoms with van der Waals surface area (Å²) in [5, 5.41) is 8.31. The van der Waals surface area contributed by atoms with Crippen LogP contribution in [0.2, 0.25) is 0 Å². The predicted octanol–water partition coefficient (Wildman–Crippen LogP) is 3.87. The highest BCUT2D eigenvalue weighted by molar-refractivity contribution is 6.05. The van der Waals surface area contributed by atoms with Crippen molar-refractivity contribution < 1.29 is 14.3 Å². The molecule has 0 aliphatic rings. The topological polar surface area (TPSA) is 79.5 Å². The van der Waals surface area contributed by atoms with Crippen LogP contribution in [0.1, 0.15) is 30.1 Å². The fraction of sp³-hybridized carbons (Fsp3) is 0.263. The Morgan fingerprint density at radius 2 is 1.72 bits per heavy atom. The number of unbranched alkanes of at least 4 members (excludes halogenated alkanes) is 1. The molecule has 2 aromatic rings. The summed E-state index contributed by atoms with van der Waals surface area (Å²) in [5.41, 5.74) is 1.72. The molecular weight excluding hydrogens is 318 g/mol. The van der Waals surface area contributed by atoms with Gasteiger partial charge < -0.3 is 20.7 Å². The quantitative estimate of drug-likeness (QED) is 0.669. The first-order valence-electron chi connectivity index (χ1n) is 8.23. The number of hydrogen-bond donors (Lipinski definition) is 3. The van der Waals surface area contributed by atoms with E-state index in [0.29, 0.717) is 29.2 Å². The number of carbonyl (C=O) groups excluding carboxylic acids is 2. The van der Waals surface area contributed by atoms with E-state index in [1.807, 2.05) is 12.1 Å². The van der Waals surface area contributed by atoms with Gasteiger partial charge in [-0.05, 0) is 42.8 Å². The van der Waals surface area contributed by atoms with E-state index in [0.717, 1.165) is 12.8 Å². The summed E-state index contributed by atoms with van der Waals surface area (Å²) in [5.74, 6) is 0.348. The van der Waals surface area contributed by atoms with E-state index >= 15 is 0 Å². The maximum Gasteiger partial charge on any atom is 0.319 e. The first kappa shape index (κ1) is 18.3. The number of nitrogens with one attached hydrogen (secondary N) is 3. The highest BCUT2D eigenvalue weighted by Crippen LogP contribution is 2.23. The zero-order valence-electron chi connectivity index (χ0n) is 14.5. The van der Waals surface area contributed by atoms with Crippen molar-refractivity contribution in [3.05, 3.63) is 54.1 Å². The van der Waals surface area contributed by atoms with Gasteiger partial charge in [0.15, 0.2) is 0 Å². The lowest BCUT2D eigenvalue weighted by Gasteiger charge is -2.10. The molecule has 0 aromatic heterocycles. The Morgan fingerprint density at radius 1 is 1.00 bits per heavy atom. The minimum absolute atomic E-state index is 0.247. The van der Waals surface area contributed by atoms with Crippen molar-refractivity contribution in [2.75, 3.05) is 24.3 Å². The van der Waals surface area contributed by atoms with Crippen LogP contribution in [0.3, 0.4) is 0 Å². The lowest BCUT2D eigenvalue weighted by atomic mass is 10.2. The number of benzene rings is 2. The van der Waals surface area contributed by atoms with Crippen molar-refractivity contribution in [3.8, 4) is 5.75 Å². The fourth-order valence-electron chi connectivity index (χ4n) is 2.20. The number of carbonyl (C=O) groups is 2. The average Bonchev–Trinajstić information content (AvgIpc) is 2.63. The highest BCUT2D eigenvalue weighted by atomic mass is 16.5. The smallest absolute Gasteiger partial charge is 0.319 e. The first-order valence-corrected chi connectivity index (χ1v) is 8.23. The van der Waals surface area contributed by atoms with Gasteiger partial charge in [0, 0.05) is 17.8 Å². The average molecular weight is 341 g/mol. The van der Waals surface area contributed by atoms with E-state index in [-0.39, 0.29) is 11.9 Å². The minimum atomic E-state index is -0.250. The predicted molar refractivity (Wildman–Crippen MR) is 99.3 cm³/mol. The Hall–Kier alpha value is -3.02. The molecule has 0 spiro atoms. The third-order valence-electron chi connectivity index (χ3n) is 3.58. The summed E-state index contributed by atoms with van der Waals surface area (Å²) in [6.07, 6.45) is 1.96. The number of anilines is 2. The van der Waals surface area contributed by atoms with E-state index in [2.05, 4.69) is 22.9 Å². The second-order valence-corrected chi connectivity index (χ2v) is 5.47. The lowest BCUT2D eigenvalue weighted by molar-refractivity contribution is 0.102. The third-order valence-corrected chi connectivity index (χ3v) is 3.58. The summed E-state index contributed by atoms with van der Waals surface area (Å²) in [6, 6.07) is 13.7. The van der Waals surface area contributed by atoms with Gasteiger partial charge in [0.25, 0.3) is 5.91 Å². The second kappa shape index (κ2) is 9.32. The highest BCUT2D eigenvalue weighted by Gasteiger charge is 2.09. The third kappa shape index (κ3) is 5.53. The summed E-state index contributed by atoms with van der Waals surface area (Å²) < 4.78 is 5.22. The Kier molecular flexibility index (Phi) is 6.83. The van der Waals surface area contributed by atoms with Crippen LogP contribution in [0.25, 0.3) is 0 Å². The van der Waals surface area contributed by atoms with Crippen molar-refractivity contribution in [1.29, 1.82) is 0 Å². The number of methoxy groups -OCH3 is 1. The number of amides is 3. The molecule has 6 nitrogen and oxygen atoms in total. The number of rotatable bonds is 7. The van der Waals surface area contributed by atoms with Crippen LogP contribution in [0, 0.1) is 0 Å². The van der Waals surface area contributed by atoms with Crippen LogP contribution >= 0.6 is 0 Å². The molecule has 0 fully saturated rings. The monoisotopic (exact) mass is 341 g/mol. The molecule has 0 aliphatic carbocycles. The molecule has 0 radical (unpaired) electrons. The van der Waals surface area contributed by atoms with Gasteiger partial charge in [-0.1, -0.05) is 25.5 Å². The second-order valence-electron chi connectivity index (χ2n) is 5.47. The number of urea groups is 1. The Balaban J connectivity index is 1.95. The van der Waals surface area contributed by atoms with Gasteiger partial charge in [-0.25, -0.2) is 4.79 Å². The molecule has 0 saturated heterocycles. The number of ether oxygens (including phenoxy) is 1. The molecular formula is C19H23N3O3. The van der Waals surface area contributed by atoms with Crippen molar-refractivity contribution in [2.45, 2.75) is 19.8 Å². The Labute approximate surface area is 147 Å². The number of hydrogen-bond acceptors (Lipinski definition) is 3. The number of para-hydroxylation sites is 2. The van der Waals surface area contributed by atoms with E-state index in [1.165, 1.54) is 0 Å². The van der Waals surface area contributed by atoms with Crippen LogP contribution in [-0.4, -0.2) is 25.6 Å². The Bertz CT molecular complexity index is 714. The normalized spacial score (nSPS) is 10.0. The van der Waals surface area contributed by atoms with Crippen LogP contribution < -0.4 is 20.7 Å². The molecule has 2 rings (SSSR count). The van der Waals surface area contributed by atoms with Gasteiger partial charge in [-0.3, -0.25) is 4.79 Å². The Morgan fingerprint density at radius 3 is 2.40 bits per heavy atom. The summed E-state index contributed by atoms with van der Waals surface area (Å²) in [6.45, 7) is 2.70. The zero-order chi connectivity index (χ0) is 18.1. The van der Waals surface area contributed by atoms with Crippen LogP contribution in [0.5, 0.6) is 5.75 Å². The summed E-state index contributed by atoms with van der Waals surface area (Å²) >= 11 is 0.